The van der Waals surface area contributed by atoms with Crippen LogP contribution in [0.15, 0.2) is 53.8 Å². The smallest absolute Gasteiger partial charge is 0.262 e. The molecule has 0 bridgehead atoms. The summed E-state index contributed by atoms with van der Waals surface area (Å²) in [6.45, 7) is 4.80. The average Bonchev–Trinajstić information content (AvgIpc) is 3.37. The van der Waals surface area contributed by atoms with Crippen LogP contribution in [0.5, 0.6) is 0 Å². The van der Waals surface area contributed by atoms with E-state index in [9.17, 15) is 9.59 Å². The molecule has 1 aromatic carbocycles. The van der Waals surface area contributed by atoms with Crippen LogP contribution in [-0.2, 0) is 17.8 Å². The number of amides is 1. The molecule has 8 heteroatoms. The first-order valence-electron chi connectivity index (χ1n) is 9.84. The fourth-order valence-electron chi connectivity index (χ4n) is 3.32. The molecule has 0 aliphatic heterocycles. The zero-order chi connectivity index (χ0) is 21.1. The molecule has 3 heterocycles. The number of aryl methyl sites for hydroxylation is 3. The minimum Gasteiger partial charge on any atom is -0.356 e. The van der Waals surface area contributed by atoms with E-state index in [0.29, 0.717) is 18.5 Å². The number of benzene rings is 1. The fraction of sp³-hybridized carbons (Fsp3) is 0.273. The van der Waals surface area contributed by atoms with Gasteiger partial charge in [-0.15, -0.1) is 11.3 Å². The van der Waals surface area contributed by atoms with Crippen molar-refractivity contribution >= 4 is 27.5 Å². The summed E-state index contributed by atoms with van der Waals surface area (Å²) in [6, 6.07) is 9.97. The first-order valence-corrected chi connectivity index (χ1v) is 10.7. The topological polar surface area (TPSA) is 81.8 Å². The Labute approximate surface area is 178 Å². The molecule has 0 atom stereocenters. The average molecular weight is 422 g/mol. The van der Waals surface area contributed by atoms with Crippen molar-refractivity contribution in [3.05, 3.63) is 75.4 Å². The van der Waals surface area contributed by atoms with Crippen LogP contribution in [0, 0.1) is 13.8 Å². The summed E-state index contributed by atoms with van der Waals surface area (Å²) in [5.74, 6) is -0.0756. The highest BCUT2D eigenvalue weighted by atomic mass is 32.1. The van der Waals surface area contributed by atoms with Gasteiger partial charge in [0.25, 0.3) is 5.56 Å². The molecule has 0 radical (unpaired) electrons. The third kappa shape index (κ3) is 4.18. The van der Waals surface area contributed by atoms with Crippen LogP contribution in [0.4, 0.5) is 0 Å². The number of nitrogens with zero attached hydrogens (tertiary/aromatic N) is 4. The Kier molecular flexibility index (Phi) is 5.76. The van der Waals surface area contributed by atoms with Crippen molar-refractivity contribution < 1.29 is 4.79 Å². The molecular weight excluding hydrogens is 398 g/mol. The quantitative estimate of drug-likeness (QED) is 0.497. The standard InChI is InChI=1S/C22H23N5O2S/c1-15-16(2)30-21-20(15)22(29)26(14-24-21)13-9-19(28)23-11-8-17-4-6-18(7-5-17)27-12-3-10-25-27/h3-7,10,12,14H,8-9,11,13H2,1-2H3,(H,23,28). The highest BCUT2D eigenvalue weighted by Gasteiger charge is 2.12. The van der Waals surface area contributed by atoms with Crippen LogP contribution < -0.4 is 10.9 Å². The third-order valence-electron chi connectivity index (χ3n) is 5.18. The molecule has 154 valence electrons. The molecule has 1 N–H and O–H groups in total. The Balaban J connectivity index is 1.28. The lowest BCUT2D eigenvalue weighted by molar-refractivity contribution is -0.121. The van der Waals surface area contributed by atoms with Crippen LogP contribution in [0.2, 0.25) is 0 Å². The van der Waals surface area contributed by atoms with Gasteiger partial charge in [-0.25, -0.2) is 9.67 Å². The molecule has 0 aliphatic carbocycles. The number of rotatable bonds is 7. The lowest BCUT2D eigenvalue weighted by Crippen LogP contribution is -2.29. The SMILES string of the molecule is Cc1sc2ncn(CCC(=O)NCCc3ccc(-n4cccn4)cc3)c(=O)c2c1C. The minimum atomic E-state index is -0.0769. The van der Waals surface area contributed by atoms with E-state index >= 15 is 0 Å². The Bertz CT molecular complexity index is 1220. The van der Waals surface area contributed by atoms with Crippen molar-refractivity contribution in [3.63, 3.8) is 0 Å². The van der Waals surface area contributed by atoms with Crippen LogP contribution in [0.3, 0.4) is 0 Å². The van der Waals surface area contributed by atoms with Crippen LogP contribution in [-0.4, -0.2) is 31.8 Å². The Morgan fingerprint density at radius 1 is 1.20 bits per heavy atom. The van der Waals surface area contributed by atoms with Crippen LogP contribution in [0.1, 0.15) is 22.4 Å². The third-order valence-corrected chi connectivity index (χ3v) is 6.29. The monoisotopic (exact) mass is 421 g/mol. The van der Waals surface area contributed by atoms with E-state index in [4.69, 9.17) is 0 Å². The Morgan fingerprint density at radius 3 is 2.73 bits per heavy atom. The minimum absolute atomic E-state index is 0.0756. The molecule has 1 amide bonds. The van der Waals surface area contributed by atoms with Gasteiger partial charge in [0.1, 0.15) is 4.83 Å². The van der Waals surface area contributed by atoms with Gasteiger partial charge in [0.15, 0.2) is 0 Å². The maximum absolute atomic E-state index is 12.7. The van der Waals surface area contributed by atoms with E-state index in [-0.39, 0.29) is 17.9 Å². The zero-order valence-electron chi connectivity index (χ0n) is 17.0. The van der Waals surface area contributed by atoms with Gasteiger partial charge in [-0.1, -0.05) is 12.1 Å². The Hall–Kier alpha value is -3.26. The van der Waals surface area contributed by atoms with Gasteiger partial charge >= 0.3 is 0 Å². The maximum atomic E-state index is 12.7. The molecule has 0 saturated carbocycles. The van der Waals surface area contributed by atoms with Gasteiger partial charge in [0.2, 0.25) is 5.91 Å². The lowest BCUT2D eigenvalue weighted by atomic mass is 10.1. The molecule has 0 spiro atoms. The van der Waals surface area contributed by atoms with Crippen molar-refractivity contribution in [3.8, 4) is 5.69 Å². The van der Waals surface area contributed by atoms with E-state index in [0.717, 1.165) is 32.9 Å². The number of carbonyl (C=O) groups is 1. The summed E-state index contributed by atoms with van der Waals surface area (Å²) in [4.78, 5) is 31.1. The lowest BCUT2D eigenvalue weighted by Gasteiger charge is -2.08. The number of fused-ring (bicyclic) bond motifs is 1. The van der Waals surface area contributed by atoms with Crippen molar-refractivity contribution in [1.82, 2.24) is 24.6 Å². The van der Waals surface area contributed by atoms with Gasteiger partial charge in [-0.05, 0) is 49.6 Å². The summed E-state index contributed by atoms with van der Waals surface area (Å²) in [5.41, 5.74) is 3.04. The van der Waals surface area contributed by atoms with E-state index in [1.807, 2.05) is 50.4 Å². The summed E-state index contributed by atoms with van der Waals surface area (Å²) in [7, 11) is 0. The predicted octanol–water partition coefficient (Wildman–Crippen LogP) is 3.01. The molecule has 4 rings (SSSR count). The number of hydrogen-bond donors (Lipinski definition) is 1. The van der Waals surface area contributed by atoms with Gasteiger partial charge in [-0.3, -0.25) is 14.2 Å². The van der Waals surface area contributed by atoms with Crippen LogP contribution >= 0.6 is 11.3 Å². The molecule has 3 aromatic heterocycles. The van der Waals surface area contributed by atoms with Gasteiger partial charge in [0, 0.05) is 36.8 Å². The summed E-state index contributed by atoms with van der Waals surface area (Å²) in [6.07, 6.45) is 6.16. The normalized spacial score (nSPS) is 11.1. The van der Waals surface area contributed by atoms with E-state index in [2.05, 4.69) is 15.4 Å². The number of thiophene rings is 1. The summed E-state index contributed by atoms with van der Waals surface area (Å²) < 4.78 is 3.33. The van der Waals surface area contributed by atoms with E-state index in [1.165, 1.54) is 22.2 Å². The summed E-state index contributed by atoms with van der Waals surface area (Å²) >= 11 is 1.53. The molecule has 0 aliphatic rings. The van der Waals surface area contributed by atoms with E-state index in [1.54, 1.807) is 10.9 Å². The molecular formula is C22H23N5O2S. The van der Waals surface area contributed by atoms with E-state index < -0.39 is 0 Å². The number of carbonyl (C=O) groups excluding carboxylic acids is 1. The largest absolute Gasteiger partial charge is 0.356 e. The van der Waals surface area contributed by atoms with Crippen molar-refractivity contribution in [2.45, 2.75) is 33.2 Å². The predicted molar refractivity (Wildman–Crippen MR) is 118 cm³/mol. The maximum Gasteiger partial charge on any atom is 0.262 e. The first-order chi connectivity index (χ1) is 14.5. The number of nitrogens with one attached hydrogen (secondary N) is 1. The second-order valence-electron chi connectivity index (χ2n) is 7.17. The molecule has 4 aromatic rings. The summed E-state index contributed by atoms with van der Waals surface area (Å²) in [5, 5.41) is 7.80. The zero-order valence-corrected chi connectivity index (χ0v) is 17.8. The Morgan fingerprint density at radius 2 is 2.00 bits per heavy atom. The highest BCUT2D eigenvalue weighted by molar-refractivity contribution is 7.18. The van der Waals surface area contributed by atoms with Crippen molar-refractivity contribution in [2.24, 2.45) is 0 Å². The second kappa shape index (κ2) is 8.62. The van der Waals surface area contributed by atoms with Crippen molar-refractivity contribution in [2.75, 3.05) is 6.54 Å². The van der Waals surface area contributed by atoms with Crippen molar-refractivity contribution in [1.29, 1.82) is 0 Å². The first kappa shape index (κ1) is 20.0. The molecule has 0 fully saturated rings. The fourth-order valence-corrected chi connectivity index (χ4v) is 4.31. The molecule has 0 saturated heterocycles. The van der Waals surface area contributed by atoms with Gasteiger partial charge in [-0.2, -0.15) is 5.10 Å². The number of aromatic nitrogens is 4. The highest BCUT2D eigenvalue weighted by Crippen LogP contribution is 2.25. The molecule has 7 nitrogen and oxygen atoms in total. The number of hydrogen-bond acceptors (Lipinski definition) is 5. The van der Waals surface area contributed by atoms with Crippen LogP contribution in [0.25, 0.3) is 15.9 Å². The van der Waals surface area contributed by atoms with Gasteiger partial charge < -0.3 is 5.32 Å². The van der Waals surface area contributed by atoms with Gasteiger partial charge in [0.05, 0.1) is 17.4 Å². The molecule has 30 heavy (non-hydrogen) atoms. The molecule has 0 unspecified atom stereocenters. The second-order valence-corrected chi connectivity index (χ2v) is 8.38.